The predicted molar refractivity (Wildman–Crippen MR) is 73.0 cm³/mol. The van der Waals surface area contributed by atoms with Gasteiger partial charge in [0, 0.05) is 0 Å². The maximum Gasteiger partial charge on any atom is 0.122 e. The van der Waals surface area contributed by atoms with Crippen LogP contribution in [0.2, 0.25) is 0 Å². The summed E-state index contributed by atoms with van der Waals surface area (Å²) in [5.74, 6) is 0.844. The third-order valence-electron chi connectivity index (χ3n) is 2.56. The van der Waals surface area contributed by atoms with E-state index < -0.39 is 6.10 Å². The highest BCUT2D eigenvalue weighted by molar-refractivity contribution is 5.36. The molecular weight excluding hydrogens is 228 g/mol. The molecule has 1 N–H and O–H groups in total. The molecule has 0 bridgehead atoms. The van der Waals surface area contributed by atoms with Crippen LogP contribution in [0.25, 0.3) is 0 Å². The largest absolute Gasteiger partial charge is 0.491 e. The molecule has 0 amide bonds. The van der Waals surface area contributed by atoms with Gasteiger partial charge in [-0.3, -0.25) is 0 Å². The number of ether oxygens (including phenoxy) is 2. The Morgan fingerprint density at radius 1 is 1.22 bits per heavy atom. The number of aliphatic hydroxyl groups is 1. The zero-order valence-electron chi connectivity index (χ0n) is 12.0. The quantitative estimate of drug-likeness (QED) is 0.818. The van der Waals surface area contributed by atoms with Gasteiger partial charge in [0.15, 0.2) is 0 Å². The molecule has 0 spiro atoms. The maximum absolute atomic E-state index is 9.48. The van der Waals surface area contributed by atoms with Crippen LogP contribution in [0.15, 0.2) is 18.2 Å². The molecular formula is C15H24O3. The zero-order chi connectivity index (χ0) is 13.8. The number of benzene rings is 1. The summed E-state index contributed by atoms with van der Waals surface area (Å²) in [6.45, 7) is 10.9. The highest BCUT2D eigenvalue weighted by atomic mass is 16.5. The van der Waals surface area contributed by atoms with E-state index in [1.165, 1.54) is 0 Å². The molecule has 0 aliphatic rings. The molecule has 1 rings (SSSR count). The summed E-state index contributed by atoms with van der Waals surface area (Å²) in [6, 6.07) is 5.73. The Labute approximate surface area is 110 Å². The van der Waals surface area contributed by atoms with Gasteiger partial charge in [0.25, 0.3) is 0 Å². The van der Waals surface area contributed by atoms with Gasteiger partial charge in [0.1, 0.15) is 12.4 Å². The summed E-state index contributed by atoms with van der Waals surface area (Å²) >= 11 is 0. The summed E-state index contributed by atoms with van der Waals surface area (Å²) in [7, 11) is 0. The Kier molecular flexibility index (Phi) is 5.17. The van der Waals surface area contributed by atoms with Crippen LogP contribution in [0.3, 0.4) is 0 Å². The molecule has 0 aliphatic heterocycles. The lowest BCUT2D eigenvalue weighted by atomic mass is 10.1. The molecule has 3 nitrogen and oxygen atoms in total. The van der Waals surface area contributed by atoms with Gasteiger partial charge >= 0.3 is 0 Å². The molecule has 0 saturated carbocycles. The van der Waals surface area contributed by atoms with Gasteiger partial charge in [-0.05, 0) is 57.9 Å². The Morgan fingerprint density at radius 2 is 1.89 bits per heavy atom. The molecule has 102 valence electrons. The molecule has 0 aliphatic carbocycles. The Balaban J connectivity index is 2.48. The summed E-state index contributed by atoms with van der Waals surface area (Å²) in [4.78, 5) is 0. The van der Waals surface area contributed by atoms with E-state index in [0.29, 0.717) is 13.2 Å². The lowest BCUT2D eigenvalue weighted by Gasteiger charge is -2.20. The van der Waals surface area contributed by atoms with E-state index in [1.54, 1.807) is 6.92 Å². The normalized spacial score (nSPS) is 13.4. The minimum Gasteiger partial charge on any atom is -0.491 e. The molecule has 1 aromatic rings. The van der Waals surface area contributed by atoms with Crippen molar-refractivity contribution in [3.8, 4) is 5.75 Å². The van der Waals surface area contributed by atoms with Crippen LogP contribution >= 0.6 is 0 Å². The minimum absolute atomic E-state index is 0.130. The number of hydrogen-bond acceptors (Lipinski definition) is 3. The SMILES string of the molecule is Cc1cc([C@H](C)O)ccc1OCCOC(C)(C)C. The Hall–Kier alpha value is -1.06. The molecule has 1 aromatic carbocycles. The van der Waals surface area contributed by atoms with Crippen LogP contribution in [-0.2, 0) is 4.74 Å². The molecule has 3 heteroatoms. The first kappa shape index (κ1) is 15.0. The van der Waals surface area contributed by atoms with E-state index in [2.05, 4.69) is 0 Å². The fraction of sp³-hybridized carbons (Fsp3) is 0.600. The topological polar surface area (TPSA) is 38.7 Å². The van der Waals surface area contributed by atoms with Gasteiger partial charge in [-0.25, -0.2) is 0 Å². The summed E-state index contributed by atoms with van der Waals surface area (Å²) in [5, 5.41) is 9.48. The number of aryl methyl sites for hydroxylation is 1. The minimum atomic E-state index is -0.443. The van der Waals surface area contributed by atoms with Crippen molar-refractivity contribution < 1.29 is 14.6 Å². The van der Waals surface area contributed by atoms with Gasteiger partial charge in [-0.15, -0.1) is 0 Å². The predicted octanol–water partition coefficient (Wildman–Crippen LogP) is 3.24. The lowest BCUT2D eigenvalue weighted by Crippen LogP contribution is -2.22. The number of hydrogen-bond donors (Lipinski definition) is 1. The van der Waals surface area contributed by atoms with Crippen molar-refractivity contribution in [1.82, 2.24) is 0 Å². The molecule has 0 heterocycles. The van der Waals surface area contributed by atoms with Crippen molar-refractivity contribution in [2.24, 2.45) is 0 Å². The van der Waals surface area contributed by atoms with Crippen molar-refractivity contribution >= 4 is 0 Å². The Morgan fingerprint density at radius 3 is 2.39 bits per heavy atom. The maximum atomic E-state index is 9.48. The highest BCUT2D eigenvalue weighted by Crippen LogP contribution is 2.22. The fourth-order valence-electron chi connectivity index (χ4n) is 1.59. The second kappa shape index (κ2) is 6.21. The first-order chi connectivity index (χ1) is 8.29. The average Bonchev–Trinajstić information content (AvgIpc) is 2.24. The van der Waals surface area contributed by atoms with E-state index in [0.717, 1.165) is 16.9 Å². The van der Waals surface area contributed by atoms with Crippen LogP contribution in [0, 0.1) is 6.92 Å². The Bertz CT molecular complexity index is 378. The zero-order valence-corrected chi connectivity index (χ0v) is 12.0. The van der Waals surface area contributed by atoms with E-state index in [4.69, 9.17) is 9.47 Å². The van der Waals surface area contributed by atoms with E-state index in [9.17, 15) is 5.11 Å². The molecule has 0 fully saturated rings. The standard InChI is InChI=1S/C15H24O3/c1-11-10-13(12(2)16)6-7-14(11)17-8-9-18-15(3,4)5/h6-7,10,12,16H,8-9H2,1-5H3/t12-/m0/s1. The van der Waals surface area contributed by atoms with E-state index in [-0.39, 0.29) is 5.60 Å². The van der Waals surface area contributed by atoms with Gasteiger partial charge in [-0.1, -0.05) is 6.07 Å². The molecule has 18 heavy (non-hydrogen) atoms. The third-order valence-corrected chi connectivity index (χ3v) is 2.56. The van der Waals surface area contributed by atoms with Crippen LogP contribution in [0.5, 0.6) is 5.75 Å². The molecule has 0 radical (unpaired) electrons. The molecule has 1 atom stereocenters. The van der Waals surface area contributed by atoms with E-state index in [1.807, 2.05) is 45.9 Å². The molecule has 0 unspecified atom stereocenters. The average molecular weight is 252 g/mol. The van der Waals surface area contributed by atoms with Gasteiger partial charge < -0.3 is 14.6 Å². The van der Waals surface area contributed by atoms with E-state index >= 15 is 0 Å². The summed E-state index contributed by atoms with van der Waals surface area (Å²) in [6.07, 6.45) is -0.443. The van der Waals surface area contributed by atoms with Crippen LogP contribution in [0.4, 0.5) is 0 Å². The van der Waals surface area contributed by atoms with Crippen LogP contribution < -0.4 is 4.74 Å². The fourth-order valence-corrected chi connectivity index (χ4v) is 1.59. The van der Waals surface area contributed by atoms with Crippen molar-refractivity contribution in [3.05, 3.63) is 29.3 Å². The van der Waals surface area contributed by atoms with Gasteiger partial charge in [0.05, 0.1) is 18.3 Å². The summed E-state index contributed by atoms with van der Waals surface area (Å²) < 4.78 is 11.2. The smallest absolute Gasteiger partial charge is 0.122 e. The second-order valence-electron chi connectivity index (χ2n) is 5.51. The lowest BCUT2D eigenvalue weighted by molar-refractivity contribution is -0.0163. The molecule has 0 aromatic heterocycles. The first-order valence-corrected chi connectivity index (χ1v) is 6.35. The van der Waals surface area contributed by atoms with Crippen molar-refractivity contribution in [2.75, 3.05) is 13.2 Å². The molecule has 0 saturated heterocycles. The van der Waals surface area contributed by atoms with Gasteiger partial charge in [-0.2, -0.15) is 0 Å². The van der Waals surface area contributed by atoms with Crippen molar-refractivity contribution in [3.63, 3.8) is 0 Å². The van der Waals surface area contributed by atoms with Crippen LogP contribution in [-0.4, -0.2) is 23.9 Å². The monoisotopic (exact) mass is 252 g/mol. The van der Waals surface area contributed by atoms with Gasteiger partial charge in [0.2, 0.25) is 0 Å². The highest BCUT2D eigenvalue weighted by Gasteiger charge is 2.10. The second-order valence-corrected chi connectivity index (χ2v) is 5.51. The van der Waals surface area contributed by atoms with Crippen LogP contribution in [0.1, 0.15) is 44.9 Å². The van der Waals surface area contributed by atoms with Crippen molar-refractivity contribution in [1.29, 1.82) is 0 Å². The number of aliphatic hydroxyl groups excluding tert-OH is 1. The van der Waals surface area contributed by atoms with Crippen molar-refractivity contribution in [2.45, 2.75) is 46.3 Å². The third kappa shape index (κ3) is 5.07. The number of rotatable bonds is 5. The first-order valence-electron chi connectivity index (χ1n) is 6.35. The summed E-state index contributed by atoms with van der Waals surface area (Å²) in [5.41, 5.74) is 1.81.